The van der Waals surface area contributed by atoms with Crippen LogP contribution in [0.4, 0.5) is 5.69 Å². The first kappa shape index (κ1) is 9.59. The molecule has 0 bridgehead atoms. The SMILES string of the molecule is O=C1Cn2ccnc2-c2c(Br)cccc2N1. The summed E-state index contributed by atoms with van der Waals surface area (Å²) in [7, 11) is 0. The highest BCUT2D eigenvalue weighted by molar-refractivity contribution is 9.10. The van der Waals surface area contributed by atoms with E-state index in [9.17, 15) is 4.79 Å². The molecule has 1 aliphatic heterocycles. The second kappa shape index (κ2) is 3.45. The van der Waals surface area contributed by atoms with E-state index in [1.807, 2.05) is 29.0 Å². The van der Waals surface area contributed by atoms with Crippen molar-refractivity contribution in [2.24, 2.45) is 0 Å². The monoisotopic (exact) mass is 277 g/mol. The van der Waals surface area contributed by atoms with Crippen LogP contribution >= 0.6 is 15.9 Å². The summed E-state index contributed by atoms with van der Waals surface area (Å²) < 4.78 is 2.77. The zero-order chi connectivity index (χ0) is 11.1. The van der Waals surface area contributed by atoms with Gasteiger partial charge in [-0.3, -0.25) is 4.79 Å². The van der Waals surface area contributed by atoms with Crippen molar-refractivity contribution >= 4 is 27.5 Å². The minimum atomic E-state index is -0.0314. The second-order valence-corrected chi connectivity index (χ2v) is 4.44. The van der Waals surface area contributed by atoms with Gasteiger partial charge in [-0.25, -0.2) is 4.98 Å². The molecule has 1 aromatic carbocycles. The standard InChI is InChI=1S/C11H8BrN3O/c12-7-2-1-3-8-10(7)11-13-4-5-15(11)6-9(16)14-8/h1-5H,6H2,(H,14,16). The number of rotatable bonds is 0. The zero-order valence-corrected chi connectivity index (χ0v) is 9.86. The lowest BCUT2D eigenvalue weighted by Gasteiger charge is -2.07. The molecule has 0 radical (unpaired) electrons. The summed E-state index contributed by atoms with van der Waals surface area (Å²) in [5.74, 6) is 0.775. The molecule has 3 rings (SSSR count). The van der Waals surface area contributed by atoms with E-state index in [1.165, 1.54) is 0 Å². The summed E-state index contributed by atoms with van der Waals surface area (Å²) in [6, 6.07) is 5.71. The van der Waals surface area contributed by atoms with Gasteiger partial charge in [-0.05, 0) is 28.1 Å². The number of hydrogen-bond acceptors (Lipinski definition) is 2. The van der Waals surface area contributed by atoms with Crippen molar-refractivity contribution in [3.63, 3.8) is 0 Å². The number of hydrogen-bond donors (Lipinski definition) is 1. The average Bonchev–Trinajstić information content (AvgIpc) is 2.61. The number of carbonyl (C=O) groups is 1. The van der Waals surface area contributed by atoms with Crippen LogP contribution < -0.4 is 5.32 Å². The number of aromatic nitrogens is 2. The van der Waals surface area contributed by atoms with Gasteiger partial charge in [0, 0.05) is 16.9 Å². The third kappa shape index (κ3) is 1.36. The minimum Gasteiger partial charge on any atom is -0.324 e. The minimum absolute atomic E-state index is 0.0314. The van der Waals surface area contributed by atoms with E-state index in [1.54, 1.807) is 6.20 Å². The predicted octanol–water partition coefficient (Wildman–Crippen LogP) is 2.26. The van der Waals surface area contributed by atoms with Gasteiger partial charge in [-0.2, -0.15) is 0 Å². The number of halogens is 1. The van der Waals surface area contributed by atoms with Gasteiger partial charge in [0.25, 0.3) is 0 Å². The predicted molar refractivity (Wildman–Crippen MR) is 64.0 cm³/mol. The van der Waals surface area contributed by atoms with E-state index in [-0.39, 0.29) is 5.91 Å². The van der Waals surface area contributed by atoms with Gasteiger partial charge in [0.2, 0.25) is 5.91 Å². The van der Waals surface area contributed by atoms with Gasteiger partial charge in [0.1, 0.15) is 12.4 Å². The highest BCUT2D eigenvalue weighted by Gasteiger charge is 2.20. The van der Waals surface area contributed by atoms with Crippen molar-refractivity contribution in [1.29, 1.82) is 0 Å². The molecule has 0 aliphatic carbocycles. The Morgan fingerprint density at radius 3 is 3.19 bits per heavy atom. The Balaban J connectivity index is 2.34. The normalized spacial score (nSPS) is 13.7. The van der Waals surface area contributed by atoms with Crippen molar-refractivity contribution in [3.8, 4) is 11.4 Å². The maximum atomic E-state index is 11.6. The number of nitrogens with zero attached hydrogens (tertiary/aromatic N) is 2. The van der Waals surface area contributed by atoms with Crippen molar-refractivity contribution in [1.82, 2.24) is 9.55 Å². The molecule has 0 saturated carbocycles. The molecule has 1 N–H and O–H groups in total. The van der Waals surface area contributed by atoms with Crippen molar-refractivity contribution in [2.75, 3.05) is 5.32 Å². The van der Waals surface area contributed by atoms with Crippen LogP contribution in [0.3, 0.4) is 0 Å². The average molecular weight is 278 g/mol. The van der Waals surface area contributed by atoms with Crippen LogP contribution in [0, 0.1) is 0 Å². The lowest BCUT2D eigenvalue weighted by atomic mass is 10.1. The molecule has 0 saturated heterocycles. The van der Waals surface area contributed by atoms with E-state index >= 15 is 0 Å². The molecule has 2 aromatic rings. The van der Waals surface area contributed by atoms with Gasteiger partial charge < -0.3 is 9.88 Å². The van der Waals surface area contributed by atoms with Crippen LogP contribution in [0.25, 0.3) is 11.4 Å². The Morgan fingerprint density at radius 1 is 1.44 bits per heavy atom. The maximum absolute atomic E-state index is 11.6. The van der Waals surface area contributed by atoms with Crippen LogP contribution in [0.5, 0.6) is 0 Å². The Kier molecular flexibility index (Phi) is 2.07. The number of fused-ring (bicyclic) bond motifs is 3. The van der Waals surface area contributed by atoms with Gasteiger partial charge in [0.15, 0.2) is 0 Å². The van der Waals surface area contributed by atoms with Crippen LogP contribution in [-0.2, 0) is 11.3 Å². The first-order valence-corrected chi connectivity index (χ1v) is 5.65. The molecule has 5 heteroatoms. The Morgan fingerprint density at radius 2 is 2.31 bits per heavy atom. The highest BCUT2D eigenvalue weighted by atomic mass is 79.9. The Labute approximate surface area is 100 Å². The first-order chi connectivity index (χ1) is 7.75. The zero-order valence-electron chi connectivity index (χ0n) is 8.27. The summed E-state index contributed by atoms with van der Waals surface area (Å²) in [4.78, 5) is 15.9. The number of imidazole rings is 1. The van der Waals surface area contributed by atoms with Gasteiger partial charge in [-0.1, -0.05) is 6.07 Å². The molecule has 16 heavy (non-hydrogen) atoms. The van der Waals surface area contributed by atoms with Gasteiger partial charge in [-0.15, -0.1) is 0 Å². The number of benzene rings is 1. The molecule has 0 atom stereocenters. The number of anilines is 1. The Bertz CT molecular complexity index is 576. The molecule has 0 fully saturated rings. The molecule has 1 amide bonds. The highest BCUT2D eigenvalue weighted by Crippen LogP contribution is 2.35. The fourth-order valence-electron chi connectivity index (χ4n) is 1.86. The summed E-state index contributed by atoms with van der Waals surface area (Å²) in [5.41, 5.74) is 1.72. The third-order valence-electron chi connectivity index (χ3n) is 2.54. The van der Waals surface area contributed by atoms with E-state index in [2.05, 4.69) is 26.2 Å². The fourth-order valence-corrected chi connectivity index (χ4v) is 2.41. The molecule has 2 heterocycles. The molecule has 4 nitrogen and oxygen atoms in total. The Hall–Kier alpha value is -1.62. The summed E-state index contributed by atoms with van der Waals surface area (Å²) in [6.07, 6.45) is 3.51. The molecule has 1 aromatic heterocycles. The molecule has 80 valence electrons. The third-order valence-corrected chi connectivity index (χ3v) is 3.20. The lowest BCUT2D eigenvalue weighted by Crippen LogP contribution is -2.15. The first-order valence-electron chi connectivity index (χ1n) is 4.85. The molecular formula is C11H8BrN3O. The summed E-state index contributed by atoms with van der Waals surface area (Å²) in [5, 5.41) is 2.87. The van der Waals surface area contributed by atoms with E-state index in [4.69, 9.17) is 0 Å². The van der Waals surface area contributed by atoms with Crippen molar-refractivity contribution < 1.29 is 4.79 Å². The smallest absolute Gasteiger partial charge is 0.244 e. The van der Waals surface area contributed by atoms with Crippen LogP contribution in [0.2, 0.25) is 0 Å². The van der Waals surface area contributed by atoms with Crippen LogP contribution in [0.15, 0.2) is 35.1 Å². The molecule has 1 aliphatic rings. The van der Waals surface area contributed by atoms with Crippen molar-refractivity contribution in [3.05, 3.63) is 35.1 Å². The lowest BCUT2D eigenvalue weighted by molar-refractivity contribution is -0.116. The number of nitrogens with one attached hydrogen (secondary N) is 1. The molecular weight excluding hydrogens is 270 g/mol. The molecule has 0 spiro atoms. The second-order valence-electron chi connectivity index (χ2n) is 3.59. The van der Waals surface area contributed by atoms with E-state index in [0.29, 0.717) is 6.54 Å². The fraction of sp³-hybridized carbons (Fsp3) is 0.0909. The van der Waals surface area contributed by atoms with Gasteiger partial charge in [0.05, 0.1) is 11.3 Å². The molecule has 0 unspecified atom stereocenters. The maximum Gasteiger partial charge on any atom is 0.244 e. The van der Waals surface area contributed by atoms with Crippen LogP contribution in [-0.4, -0.2) is 15.5 Å². The topological polar surface area (TPSA) is 46.9 Å². The largest absolute Gasteiger partial charge is 0.324 e. The number of amides is 1. The van der Waals surface area contributed by atoms with Gasteiger partial charge >= 0.3 is 0 Å². The summed E-state index contributed by atoms with van der Waals surface area (Å²) in [6.45, 7) is 0.302. The van der Waals surface area contributed by atoms with Crippen molar-refractivity contribution in [2.45, 2.75) is 6.54 Å². The van der Waals surface area contributed by atoms with Crippen LogP contribution in [0.1, 0.15) is 0 Å². The van der Waals surface area contributed by atoms with E-state index < -0.39 is 0 Å². The number of carbonyl (C=O) groups excluding carboxylic acids is 1. The van der Waals surface area contributed by atoms with E-state index in [0.717, 1.165) is 21.5 Å². The summed E-state index contributed by atoms with van der Waals surface area (Å²) >= 11 is 3.49. The quantitative estimate of drug-likeness (QED) is 0.803.